The third kappa shape index (κ3) is 4.14. The van der Waals surface area contributed by atoms with E-state index in [-0.39, 0.29) is 42.0 Å². The number of Topliss-reactive ketones (excluding diaryl/α,β-unsaturated/α-hetero) is 1. The second kappa shape index (κ2) is 7.10. The van der Waals surface area contributed by atoms with Crippen molar-refractivity contribution in [3.8, 4) is 5.75 Å². The highest BCUT2D eigenvalue weighted by Crippen LogP contribution is 2.69. The van der Waals surface area contributed by atoms with E-state index >= 15 is 0 Å². The molecule has 0 spiro atoms. The second-order valence-electron chi connectivity index (χ2n) is 8.83. The van der Waals surface area contributed by atoms with E-state index in [0.29, 0.717) is 17.2 Å². The van der Waals surface area contributed by atoms with Crippen LogP contribution in [0.1, 0.15) is 45.4 Å². The molecular weight excluding hydrogens is 366 g/mol. The highest BCUT2D eigenvalue weighted by molar-refractivity contribution is 6.30. The highest BCUT2D eigenvalue weighted by atomic mass is 35.5. The van der Waals surface area contributed by atoms with Crippen LogP contribution in [0.3, 0.4) is 0 Å². The fourth-order valence-corrected chi connectivity index (χ4v) is 5.10. The van der Waals surface area contributed by atoms with E-state index < -0.39 is 0 Å². The quantitative estimate of drug-likeness (QED) is 0.699. The van der Waals surface area contributed by atoms with Crippen LogP contribution in [0.2, 0.25) is 5.02 Å². The van der Waals surface area contributed by atoms with E-state index in [1.165, 1.54) is 0 Å². The van der Waals surface area contributed by atoms with Gasteiger partial charge in [0.25, 0.3) is 5.91 Å². The van der Waals surface area contributed by atoms with E-state index in [1.807, 2.05) is 0 Å². The monoisotopic (exact) mass is 391 g/mol. The number of benzene rings is 1. The maximum Gasteiger partial charge on any atom is 0.258 e. The minimum Gasteiger partial charge on any atom is -0.484 e. The molecule has 6 heteroatoms. The summed E-state index contributed by atoms with van der Waals surface area (Å²) in [6, 6.07) is 6.94. The van der Waals surface area contributed by atoms with Crippen LogP contribution >= 0.6 is 11.6 Å². The van der Waals surface area contributed by atoms with Crippen molar-refractivity contribution in [3.63, 3.8) is 0 Å². The van der Waals surface area contributed by atoms with Crippen molar-refractivity contribution >= 4 is 23.3 Å². The number of nitrogens with one attached hydrogen (secondary N) is 1. The zero-order valence-electron chi connectivity index (χ0n) is 15.6. The summed E-state index contributed by atoms with van der Waals surface area (Å²) in [6.07, 6.45) is 5.67. The molecule has 146 valence electrons. The number of amides is 1. The predicted molar refractivity (Wildman–Crippen MR) is 102 cm³/mol. The lowest BCUT2D eigenvalue weighted by Gasteiger charge is -2.70. The van der Waals surface area contributed by atoms with Crippen LogP contribution in [0.15, 0.2) is 24.3 Å². The van der Waals surface area contributed by atoms with Gasteiger partial charge in [-0.15, -0.1) is 0 Å². The van der Waals surface area contributed by atoms with Crippen molar-refractivity contribution in [2.45, 2.75) is 57.1 Å². The summed E-state index contributed by atoms with van der Waals surface area (Å²) in [5, 5.41) is 3.71. The van der Waals surface area contributed by atoms with Gasteiger partial charge in [0, 0.05) is 17.0 Å². The lowest BCUT2D eigenvalue weighted by molar-refractivity contribution is -0.175. The van der Waals surface area contributed by atoms with Gasteiger partial charge in [0.1, 0.15) is 12.4 Å². The molecule has 5 nitrogen and oxygen atoms in total. The molecule has 4 saturated carbocycles. The van der Waals surface area contributed by atoms with Crippen molar-refractivity contribution in [1.82, 2.24) is 5.32 Å². The summed E-state index contributed by atoms with van der Waals surface area (Å²) in [6.45, 7) is 2.44. The van der Waals surface area contributed by atoms with Gasteiger partial charge in [0.2, 0.25) is 0 Å². The molecule has 0 saturated heterocycles. The molecule has 0 aliphatic heterocycles. The first-order chi connectivity index (χ1) is 12.9. The third-order valence-corrected chi connectivity index (χ3v) is 6.36. The lowest BCUT2D eigenvalue weighted by Crippen LogP contribution is -2.75. The molecule has 0 radical (unpaired) electrons. The Morgan fingerprint density at radius 1 is 1.15 bits per heavy atom. The van der Waals surface area contributed by atoms with Gasteiger partial charge in [-0.1, -0.05) is 18.5 Å². The molecular formula is C21H26ClNO4. The van der Waals surface area contributed by atoms with Crippen LogP contribution in [-0.2, 0) is 14.3 Å². The van der Waals surface area contributed by atoms with Crippen LogP contribution in [0.4, 0.5) is 0 Å². The van der Waals surface area contributed by atoms with E-state index in [1.54, 1.807) is 24.3 Å². The SMILES string of the molecule is CC1CC(OCC(=O)CC23CC(NC(=O)COc4ccc(Cl)cc4)(C2)C3)C1. The van der Waals surface area contributed by atoms with E-state index in [0.717, 1.165) is 38.0 Å². The standard InChI is InChI=1S/C21H26ClNO4/c1-14-6-18(7-14)26-9-16(24)8-20-11-21(12-20,13-20)23-19(25)10-27-17-4-2-15(22)3-5-17/h2-5,14,18H,6-13H2,1H3,(H,23,25). The molecule has 4 fully saturated rings. The highest BCUT2D eigenvalue weighted by Gasteiger charge is 2.68. The van der Waals surface area contributed by atoms with Gasteiger partial charge < -0.3 is 14.8 Å². The molecule has 0 heterocycles. The minimum absolute atomic E-state index is 0.0109. The Balaban J connectivity index is 1.13. The summed E-state index contributed by atoms with van der Waals surface area (Å²) in [7, 11) is 0. The van der Waals surface area contributed by atoms with Gasteiger partial charge in [-0.25, -0.2) is 0 Å². The zero-order chi connectivity index (χ0) is 19.1. The van der Waals surface area contributed by atoms with Gasteiger partial charge in [-0.05, 0) is 67.7 Å². The molecule has 0 unspecified atom stereocenters. The molecule has 4 aliphatic rings. The van der Waals surface area contributed by atoms with Gasteiger partial charge in [-0.3, -0.25) is 9.59 Å². The van der Waals surface area contributed by atoms with Gasteiger partial charge >= 0.3 is 0 Å². The maximum atomic E-state index is 12.2. The van der Waals surface area contributed by atoms with Crippen LogP contribution in [0, 0.1) is 11.3 Å². The molecule has 4 aliphatic carbocycles. The first kappa shape index (κ1) is 18.8. The van der Waals surface area contributed by atoms with Crippen molar-refractivity contribution in [2.75, 3.05) is 13.2 Å². The zero-order valence-corrected chi connectivity index (χ0v) is 16.4. The van der Waals surface area contributed by atoms with Crippen molar-refractivity contribution in [2.24, 2.45) is 11.3 Å². The van der Waals surface area contributed by atoms with Crippen LogP contribution in [-0.4, -0.2) is 36.5 Å². The molecule has 1 N–H and O–H groups in total. The Labute approximate surface area is 164 Å². The van der Waals surface area contributed by atoms with E-state index in [4.69, 9.17) is 21.1 Å². The Bertz CT molecular complexity index is 706. The normalized spacial score (nSPS) is 33.3. The van der Waals surface area contributed by atoms with Crippen LogP contribution < -0.4 is 10.1 Å². The number of hydrogen-bond donors (Lipinski definition) is 1. The first-order valence-corrected chi connectivity index (χ1v) is 10.1. The summed E-state index contributed by atoms with van der Waals surface area (Å²) >= 11 is 5.83. The average Bonchev–Trinajstić information content (AvgIpc) is 2.54. The van der Waals surface area contributed by atoms with Gasteiger partial charge in [0.15, 0.2) is 12.4 Å². The van der Waals surface area contributed by atoms with Crippen molar-refractivity contribution in [3.05, 3.63) is 29.3 Å². The predicted octanol–water partition coefficient (Wildman–Crippen LogP) is 3.53. The number of ketones is 1. The van der Waals surface area contributed by atoms with Crippen molar-refractivity contribution in [1.29, 1.82) is 0 Å². The number of carbonyl (C=O) groups excluding carboxylic acids is 2. The molecule has 1 amide bonds. The summed E-state index contributed by atoms with van der Waals surface area (Å²) in [5.74, 6) is 1.43. The van der Waals surface area contributed by atoms with Crippen LogP contribution in [0.25, 0.3) is 0 Å². The Morgan fingerprint density at radius 2 is 1.81 bits per heavy atom. The molecule has 0 aromatic heterocycles. The molecule has 1 aromatic carbocycles. The van der Waals surface area contributed by atoms with Crippen LogP contribution in [0.5, 0.6) is 5.75 Å². The molecule has 1 aromatic rings. The Kier molecular flexibility index (Phi) is 4.93. The molecule has 0 atom stereocenters. The van der Waals surface area contributed by atoms with E-state index in [2.05, 4.69) is 12.2 Å². The summed E-state index contributed by atoms with van der Waals surface area (Å²) < 4.78 is 11.1. The minimum atomic E-state index is -0.120. The fourth-order valence-electron chi connectivity index (χ4n) is 4.97. The van der Waals surface area contributed by atoms with Crippen molar-refractivity contribution < 1.29 is 19.1 Å². The number of hydrogen-bond acceptors (Lipinski definition) is 4. The average molecular weight is 392 g/mol. The summed E-state index contributed by atoms with van der Waals surface area (Å²) in [5.41, 5.74) is -0.0252. The summed E-state index contributed by atoms with van der Waals surface area (Å²) in [4.78, 5) is 24.3. The Hall–Kier alpha value is -1.59. The number of ether oxygens (including phenoxy) is 2. The first-order valence-electron chi connectivity index (χ1n) is 9.68. The van der Waals surface area contributed by atoms with Gasteiger partial charge in [-0.2, -0.15) is 0 Å². The molecule has 5 rings (SSSR count). The Morgan fingerprint density at radius 3 is 2.44 bits per heavy atom. The fraction of sp³-hybridized carbons (Fsp3) is 0.619. The smallest absolute Gasteiger partial charge is 0.258 e. The lowest BCUT2D eigenvalue weighted by atomic mass is 9.38. The largest absolute Gasteiger partial charge is 0.484 e. The van der Waals surface area contributed by atoms with E-state index in [9.17, 15) is 9.59 Å². The topological polar surface area (TPSA) is 64.6 Å². The second-order valence-corrected chi connectivity index (χ2v) is 9.26. The molecule has 2 bridgehead atoms. The number of rotatable bonds is 9. The number of carbonyl (C=O) groups is 2. The molecule has 27 heavy (non-hydrogen) atoms. The maximum absolute atomic E-state index is 12.2. The number of halogens is 1. The third-order valence-electron chi connectivity index (χ3n) is 6.11. The van der Waals surface area contributed by atoms with Gasteiger partial charge in [0.05, 0.1) is 6.10 Å².